The third-order valence-electron chi connectivity index (χ3n) is 6.54. The van der Waals surface area contributed by atoms with E-state index < -0.39 is 0 Å². The third kappa shape index (κ3) is 9.89. The minimum atomic E-state index is 0.0993. The lowest BCUT2D eigenvalue weighted by Crippen LogP contribution is -2.30. The molecular formula is C28H40BrN7O. The van der Waals surface area contributed by atoms with Crippen LogP contribution >= 0.6 is 15.9 Å². The molecule has 3 rings (SSSR count). The number of carbonyl (C=O) groups excluding carboxylic acids is 1. The van der Waals surface area contributed by atoms with E-state index in [1.54, 1.807) is 13.2 Å². The number of amides is 1. The van der Waals surface area contributed by atoms with Gasteiger partial charge in [-0.1, -0.05) is 31.6 Å². The van der Waals surface area contributed by atoms with Gasteiger partial charge in [0, 0.05) is 31.9 Å². The number of aliphatic imine (C=N–C) groups is 1. The summed E-state index contributed by atoms with van der Waals surface area (Å²) in [6, 6.07) is 8.02. The topological polar surface area (TPSA) is 94.5 Å². The summed E-state index contributed by atoms with van der Waals surface area (Å²) in [5, 5.41) is 9.58. The van der Waals surface area contributed by atoms with Crippen molar-refractivity contribution < 1.29 is 4.79 Å². The van der Waals surface area contributed by atoms with E-state index in [2.05, 4.69) is 78.6 Å². The molecule has 1 amide bonds. The van der Waals surface area contributed by atoms with Gasteiger partial charge in [-0.2, -0.15) is 4.98 Å². The zero-order chi connectivity index (χ0) is 26.6. The Morgan fingerprint density at radius 2 is 1.95 bits per heavy atom. The van der Waals surface area contributed by atoms with Gasteiger partial charge in [-0.15, -0.1) is 0 Å². The van der Waals surface area contributed by atoms with Crippen LogP contribution in [0.3, 0.4) is 0 Å². The number of halogens is 1. The number of nitrogens with zero attached hydrogens (tertiary/aromatic N) is 4. The second-order valence-electron chi connectivity index (χ2n) is 9.34. The van der Waals surface area contributed by atoms with Crippen LogP contribution in [0.5, 0.6) is 0 Å². The van der Waals surface area contributed by atoms with Crippen LogP contribution in [0, 0.1) is 5.92 Å². The van der Waals surface area contributed by atoms with Crippen LogP contribution in [0.4, 0.5) is 17.5 Å². The standard InChI is InChI=1S/C28H40BrN7O/c1-5-36(6-2)17-7-16-31-26(37)15-10-21-8-13-23(14-9-21)33-28-32-19-24(29)27(35-28)34-25(30-4)18-20(3)22-11-12-22/h8-9,13-14,18-19,22H,5-7,10-12,15-17H2,1-4H3,(H,31,37)(H2,30,32,33,34,35)/b20-18+. The number of hydrogen-bond acceptors (Lipinski definition) is 6. The Hall–Kier alpha value is -2.78. The highest BCUT2D eigenvalue weighted by Crippen LogP contribution is 2.36. The van der Waals surface area contributed by atoms with Gasteiger partial charge in [0.2, 0.25) is 11.9 Å². The van der Waals surface area contributed by atoms with Gasteiger partial charge >= 0.3 is 0 Å². The van der Waals surface area contributed by atoms with Gasteiger partial charge in [0.1, 0.15) is 5.84 Å². The molecule has 0 unspecified atom stereocenters. The minimum absolute atomic E-state index is 0.0993. The summed E-state index contributed by atoms with van der Waals surface area (Å²) in [5.74, 6) is 2.69. The third-order valence-corrected chi connectivity index (χ3v) is 7.12. The van der Waals surface area contributed by atoms with Crippen molar-refractivity contribution in [3.05, 3.63) is 52.1 Å². The van der Waals surface area contributed by atoms with E-state index in [-0.39, 0.29) is 5.91 Å². The molecule has 2 aromatic rings. The molecule has 3 N–H and O–H groups in total. The molecule has 0 bridgehead atoms. The van der Waals surface area contributed by atoms with E-state index in [1.807, 2.05) is 24.3 Å². The second-order valence-corrected chi connectivity index (χ2v) is 10.2. The predicted molar refractivity (Wildman–Crippen MR) is 157 cm³/mol. The molecule has 1 aliphatic rings. The number of aromatic nitrogens is 2. The summed E-state index contributed by atoms with van der Waals surface area (Å²) in [5.41, 5.74) is 3.33. The highest BCUT2D eigenvalue weighted by molar-refractivity contribution is 9.10. The number of allylic oxidation sites excluding steroid dienone is 1. The highest BCUT2D eigenvalue weighted by Gasteiger charge is 2.23. The van der Waals surface area contributed by atoms with Crippen LogP contribution in [0.1, 0.15) is 52.0 Å². The summed E-state index contributed by atoms with van der Waals surface area (Å²) in [7, 11) is 1.77. The van der Waals surface area contributed by atoms with Gasteiger partial charge in [0.25, 0.3) is 0 Å². The van der Waals surface area contributed by atoms with Crippen LogP contribution in [0.25, 0.3) is 0 Å². The smallest absolute Gasteiger partial charge is 0.229 e. The first-order valence-corrected chi connectivity index (χ1v) is 14.0. The Kier molecular flexibility index (Phi) is 11.5. The van der Waals surface area contributed by atoms with E-state index in [0.29, 0.717) is 30.5 Å². The first-order valence-electron chi connectivity index (χ1n) is 13.2. The summed E-state index contributed by atoms with van der Waals surface area (Å²) >= 11 is 3.53. The van der Waals surface area contributed by atoms with E-state index in [0.717, 1.165) is 54.2 Å². The summed E-state index contributed by atoms with van der Waals surface area (Å²) in [6.07, 6.45) is 8.49. The molecule has 37 heavy (non-hydrogen) atoms. The molecule has 0 aliphatic heterocycles. The van der Waals surface area contributed by atoms with Crippen LogP contribution in [0.2, 0.25) is 0 Å². The van der Waals surface area contributed by atoms with Gasteiger partial charge in [0.15, 0.2) is 5.82 Å². The van der Waals surface area contributed by atoms with Gasteiger partial charge in [-0.25, -0.2) is 4.98 Å². The molecule has 0 saturated heterocycles. The Labute approximate surface area is 229 Å². The maximum absolute atomic E-state index is 12.2. The molecule has 1 aromatic carbocycles. The molecule has 200 valence electrons. The van der Waals surface area contributed by atoms with Crippen LogP contribution < -0.4 is 16.0 Å². The quantitative estimate of drug-likeness (QED) is 0.156. The zero-order valence-corrected chi connectivity index (χ0v) is 24.1. The summed E-state index contributed by atoms with van der Waals surface area (Å²) in [6.45, 7) is 10.3. The number of benzene rings is 1. The van der Waals surface area contributed by atoms with Crippen molar-refractivity contribution in [2.24, 2.45) is 10.9 Å². The van der Waals surface area contributed by atoms with Crippen molar-refractivity contribution in [2.75, 3.05) is 43.9 Å². The molecule has 1 heterocycles. The normalized spacial score (nSPS) is 14.1. The Balaban J connectivity index is 1.48. The Morgan fingerprint density at radius 1 is 1.22 bits per heavy atom. The van der Waals surface area contributed by atoms with Crippen molar-refractivity contribution in [1.82, 2.24) is 20.2 Å². The maximum Gasteiger partial charge on any atom is 0.229 e. The number of aryl methyl sites for hydroxylation is 1. The maximum atomic E-state index is 12.2. The molecule has 9 heteroatoms. The first-order chi connectivity index (χ1) is 17.9. The average Bonchev–Trinajstić information content (AvgIpc) is 3.75. The lowest BCUT2D eigenvalue weighted by molar-refractivity contribution is -0.121. The minimum Gasteiger partial charge on any atom is -0.356 e. The number of hydrogen-bond donors (Lipinski definition) is 3. The number of anilines is 3. The van der Waals surface area contributed by atoms with Crippen LogP contribution in [-0.4, -0.2) is 59.8 Å². The van der Waals surface area contributed by atoms with Gasteiger partial charge in [-0.05, 0) is 97.9 Å². The number of amidine groups is 1. The fourth-order valence-electron chi connectivity index (χ4n) is 3.97. The SMILES string of the molecule is CCN(CC)CCCNC(=O)CCc1ccc(Nc2ncc(Br)c(NC(/C=C(\C)C3CC3)=NC)n2)cc1. The van der Waals surface area contributed by atoms with E-state index >= 15 is 0 Å². The molecule has 0 spiro atoms. The highest BCUT2D eigenvalue weighted by atomic mass is 79.9. The fraction of sp³-hybridized carbons (Fsp3) is 0.500. The molecular weight excluding hydrogens is 530 g/mol. The van der Waals surface area contributed by atoms with E-state index in [4.69, 9.17) is 0 Å². The van der Waals surface area contributed by atoms with Gasteiger partial charge in [-0.3, -0.25) is 9.79 Å². The lowest BCUT2D eigenvalue weighted by atomic mass is 10.1. The second kappa shape index (κ2) is 14.8. The molecule has 8 nitrogen and oxygen atoms in total. The predicted octanol–water partition coefficient (Wildman–Crippen LogP) is 5.56. The summed E-state index contributed by atoms with van der Waals surface area (Å²) < 4.78 is 0.762. The van der Waals surface area contributed by atoms with Crippen molar-refractivity contribution >= 4 is 45.1 Å². The Morgan fingerprint density at radius 3 is 2.59 bits per heavy atom. The first kappa shape index (κ1) is 28.8. The van der Waals surface area contributed by atoms with E-state index in [9.17, 15) is 4.79 Å². The van der Waals surface area contributed by atoms with E-state index in [1.165, 1.54) is 18.4 Å². The zero-order valence-electron chi connectivity index (χ0n) is 22.5. The molecule has 0 atom stereocenters. The Bertz CT molecular complexity index is 1080. The van der Waals surface area contributed by atoms with Gasteiger partial charge in [0.05, 0.1) is 4.47 Å². The molecule has 1 aliphatic carbocycles. The molecule has 1 aromatic heterocycles. The molecule has 1 saturated carbocycles. The van der Waals surface area contributed by atoms with Crippen molar-refractivity contribution in [1.29, 1.82) is 0 Å². The van der Waals surface area contributed by atoms with Crippen LogP contribution in [0.15, 0.2) is 51.6 Å². The summed E-state index contributed by atoms with van der Waals surface area (Å²) in [4.78, 5) is 27.9. The number of rotatable bonds is 14. The molecule has 0 radical (unpaired) electrons. The van der Waals surface area contributed by atoms with Crippen molar-refractivity contribution in [3.63, 3.8) is 0 Å². The van der Waals surface area contributed by atoms with Crippen molar-refractivity contribution in [3.8, 4) is 0 Å². The van der Waals surface area contributed by atoms with Crippen LogP contribution in [-0.2, 0) is 11.2 Å². The van der Waals surface area contributed by atoms with Crippen molar-refractivity contribution in [2.45, 2.75) is 52.9 Å². The van der Waals surface area contributed by atoms with Gasteiger partial charge < -0.3 is 20.9 Å². The number of nitrogens with one attached hydrogen (secondary N) is 3. The largest absolute Gasteiger partial charge is 0.356 e. The monoisotopic (exact) mass is 569 g/mol. The average molecular weight is 571 g/mol. The fourth-order valence-corrected chi connectivity index (χ4v) is 4.26. The molecule has 1 fully saturated rings. The number of carbonyl (C=O) groups is 1. The lowest BCUT2D eigenvalue weighted by Gasteiger charge is -2.17.